The van der Waals surface area contributed by atoms with Gasteiger partial charge in [-0.25, -0.2) is 5.43 Å². The predicted octanol–water partition coefficient (Wildman–Crippen LogP) is 6.11. The van der Waals surface area contributed by atoms with E-state index in [0.29, 0.717) is 22.5 Å². The Bertz CT molecular complexity index is 1450. The Hall–Kier alpha value is -3.89. The number of nitro groups is 1. The van der Waals surface area contributed by atoms with Gasteiger partial charge < -0.3 is 13.9 Å². The van der Waals surface area contributed by atoms with Crippen LogP contribution in [0, 0.1) is 10.1 Å². The quantitative estimate of drug-likeness (QED) is 0.158. The van der Waals surface area contributed by atoms with Gasteiger partial charge in [-0.1, -0.05) is 39.7 Å². The number of non-ortho nitro benzene ring substituents is 1. The van der Waals surface area contributed by atoms with E-state index >= 15 is 0 Å². The zero-order valence-electron chi connectivity index (χ0n) is 18.2. The minimum absolute atomic E-state index is 0.0340. The summed E-state index contributed by atoms with van der Waals surface area (Å²) in [4.78, 5) is 22.9. The van der Waals surface area contributed by atoms with E-state index in [1.54, 1.807) is 36.4 Å². The highest BCUT2D eigenvalue weighted by atomic mass is 79.9. The summed E-state index contributed by atoms with van der Waals surface area (Å²) in [6, 6.07) is 16.4. The lowest BCUT2D eigenvalue weighted by atomic mass is 10.2. The maximum absolute atomic E-state index is 12.4. The molecule has 0 aliphatic carbocycles. The monoisotopic (exact) mass is 557 g/mol. The predicted molar refractivity (Wildman–Crippen MR) is 134 cm³/mol. The third kappa shape index (κ3) is 5.79. The van der Waals surface area contributed by atoms with E-state index in [0.717, 1.165) is 9.86 Å². The number of nitrogens with one attached hydrogen (secondary N) is 1. The number of methoxy groups -OCH3 is 1. The second kappa shape index (κ2) is 10.6. The van der Waals surface area contributed by atoms with Crippen LogP contribution in [-0.2, 0) is 6.61 Å². The average molecular weight is 559 g/mol. The van der Waals surface area contributed by atoms with Crippen molar-refractivity contribution in [1.82, 2.24) is 5.43 Å². The fourth-order valence-electron chi connectivity index (χ4n) is 3.22. The number of nitro benzene ring substituents is 1. The Labute approximate surface area is 212 Å². The van der Waals surface area contributed by atoms with E-state index < -0.39 is 10.8 Å². The van der Waals surface area contributed by atoms with Crippen LogP contribution in [0.5, 0.6) is 11.5 Å². The van der Waals surface area contributed by atoms with Gasteiger partial charge in [0.1, 0.15) is 12.2 Å². The third-order valence-electron chi connectivity index (χ3n) is 4.84. The first-order chi connectivity index (χ1) is 16.8. The van der Waals surface area contributed by atoms with Gasteiger partial charge in [-0.15, -0.1) is 0 Å². The van der Waals surface area contributed by atoms with Gasteiger partial charge in [0, 0.05) is 22.0 Å². The molecule has 0 radical (unpaired) electrons. The molecule has 0 bridgehead atoms. The van der Waals surface area contributed by atoms with E-state index in [1.807, 2.05) is 12.1 Å². The zero-order chi connectivity index (χ0) is 24.9. The molecule has 11 heteroatoms. The van der Waals surface area contributed by atoms with E-state index in [2.05, 4.69) is 26.5 Å². The number of hydrogen-bond acceptors (Lipinski definition) is 7. The van der Waals surface area contributed by atoms with Gasteiger partial charge in [-0.3, -0.25) is 14.9 Å². The van der Waals surface area contributed by atoms with Crippen molar-refractivity contribution in [2.45, 2.75) is 6.61 Å². The van der Waals surface area contributed by atoms with Gasteiger partial charge in [0.25, 0.3) is 5.69 Å². The number of amides is 1. The standard InChI is InChI=1S/C24H17BrClN3O6/c1-33-21-9-15(8-19(26)23(21)34-13-14-3-2-4-18(7-14)29(31)32)12-27-28-24(30)22-11-16-10-17(25)5-6-20(16)35-22/h2-12H,13H2,1H3,(H,28,30)/b27-12+. The molecule has 4 aromatic rings. The summed E-state index contributed by atoms with van der Waals surface area (Å²) in [5.74, 6) is 0.216. The Kier molecular flexibility index (Phi) is 7.33. The molecule has 1 heterocycles. The molecule has 0 aliphatic rings. The first-order valence-corrected chi connectivity index (χ1v) is 11.3. The molecular formula is C24H17BrClN3O6. The highest BCUT2D eigenvalue weighted by molar-refractivity contribution is 9.10. The fourth-order valence-corrected chi connectivity index (χ4v) is 3.87. The minimum Gasteiger partial charge on any atom is -0.493 e. The van der Waals surface area contributed by atoms with Crippen molar-refractivity contribution in [2.24, 2.45) is 5.10 Å². The highest BCUT2D eigenvalue weighted by Crippen LogP contribution is 2.36. The second-order valence-corrected chi connectivity index (χ2v) is 8.56. The molecule has 0 aliphatic heterocycles. The number of nitrogens with zero attached hydrogens (tertiary/aromatic N) is 2. The summed E-state index contributed by atoms with van der Waals surface area (Å²) >= 11 is 9.75. The van der Waals surface area contributed by atoms with Crippen molar-refractivity contribution in [3.63, 3.8) is 0 Å². The lowest BCUT2D eigenvalue weighted by molar-refractivity contribution is -0.384. The normalized spacial score (nSPS) is 11.1. The van der Waals surface area contributed by atoms with Gasteiger partial charge in [0.2, 0.25) is 0 Å². The maximum Gasteiger partial charge on any atom is 0.307 e. The number of benzene rings is 3. The summed E-state index contributed by atoms with van der Waals surface area (Å²) in [5, 5.41) is 15.9. The molecule has 3 aromatic carbocycles. The van der Waals surface area contributed by atoms with E-state index in [4.69, 9.17) is 25.5 Å². The lowest BCUT2D eigenvalue weighted by Gasteiger charge is -2.13. The molecule has 0 saturated heterocycles. The van der Waals surface area contributed by atoms with Crippen LogP contribution in [0.2, 0.25) is 5.02 Å². The fraction of sp³-hybridized carbons (Fsp3) is 0.0833. The number of hydrogen-bond donors (Lipinski definition) is 1. The molecule has 35 heavy (non-hydrogen) atoms. The summed E-state index contributed by atoms with van der Waals surface area (Å²) in [6.07, 6.45) is 1.40. The van der Waals surface area contributed by atoms with Crippen LogP contribution in [0.3, 0.4) is 0 Å². The Morgan fingerprint density at radius 1 is 1.23 bits per heavy atom. The molecule has 1 amide bonds. The number of rotatable bonds is 8. The smallest absolute Gasteiger partial charge is 0.307 e. The van der Waals surface area contributed by atoms with Crippen LogP contribution < -0.4 is 14.9 Å². The van der Waals surface area contributed by atoms with Gasteiger partial charge in [0.05, 0.1) is 23.3 Å². The molecule has 0 spiro atoms. The largest absolute Gasteiger partial charge is 0.493 e. The van der Waals surface area contributed by atoms with Crippen molar-refractivity contribution in [3.8, 4) is 11.5 Å². The maximum atomic E-state index is 12.4. The number of furan rings is 1. The molecule has 0 unspecified atom stereocenters. The van der Waals surface area contributed by atoms with Crippen molar-refractivity contribution in [2.75, 3.05) is 7.11 Å². The summed E-state index contributed by atoms with van der Waals surface area (Å²) in [5.41, 5.74) is 4.10. The van der Waals surface area contributed by atoms with Crippen molar-refractivity contribution < 1.29 is 23.6 Å². The average Bonchev–Trinajstić information content (AvgIpc) is 3.26. The van der Waals surface area contributed by atoms with E-state index in [9.17, 15) is 14.9 Å². The van der Waals surface area contributed by atoms with Gasteiger partial charge >= 0.3 is 5.91 Å². The van der Waals surface area contributed by atoms with Gasteiger partial charge in [0.15, 0.2) is 17.3 Å². The number of ether oxygens (including phenoxy) is 2. The minimum atomic E-state index is -0.511. The molecule has 1 aromatic heterocycles. The van der Waals surface area contributed by atoms with Crippen LogP contribution >= 0.6 is 27.5 Å². The summed E-state index contributed by atoms with van der Waals surface area (Å²) in [7, 11) is 1.45. The second-order valence-electron chi connectivity index (χ2n) is 7.24. The van der Waals surface area contributed by atoms with Crippen LogP contribution in [0.1, 0.15) is 21.7 Å². The Morgan fingerprint density at radius 3 is 2.83 bits per heavy atom. The molecule has 1 N–H and O–H groups in total. The number of hydrazone groups is 1. The van der Waals surface area contributed by atoms with Crippen molar-refractivity contribution in [3.05, 3.63) is 97.2 Å². The number of halogens is 2. The van der Waals surface area contributed by atoms with Crippen molar-refractivity contribution in [1.29, 1.82) is 0 Å². The molecule has 0 fully saturated rings. The SMILES string of the molecule is COc1cc(/C=N/NC(=O)c2cc3cc(Br)ccc3o2)cc(Cl)c1OCc1cccc([N+](=O)[O-])c1. The van der Waals surface area contributed by atoms with Crippen molar-refractivity contribution >= 4 is 56.3 Å². The van der Waals surface area contributed by atoms with Crippen LogP contribution in [0.15, 0.2) is 74.7 Å². The molecule has 0 atom stereocenters. The van der Waals surface area contributed by atoms with Gasteiger partial charge in [-0.05, 0) is 47.5 Å². The molecule has 178 valence electrons. The van der Waals surface area contributed by atoms with Gasteiger partial charge in [-0.2, -0.15) is 5.10 Å². The molecule has 4 rings (SSSR count). The van der Waals surface area contributed by atoms with Crippen LogP contribution in [0.4, 0.5) is 5.69 Å². The van der Waals surface area contributed by atoms with E-state index in [1.165, 1.54) is 25.5 Å². The number of fused-ring (bicyclic) bond motifs is 1. The zero-order valence-corrected chi connectivity index (χ0v) is 20.5. The Balaban J connectivity index is 1.44. The molecule has 0 saturated carbocycles. The lowest BCUT2D eigenvalue weighted by Crippen LogP contribution is -2.16. The summed E-state index contributed by atoms with van der Waals surface area (Å²) < 4.78 is 17.5. The molecule has 9 nitrogen and oxygen atoms in total. The number of carbonyl (C=O) groups is 1. The third-order valence-corrected chi connectivity index (χ3v) is 5.61. The topological polar surface area (TPSA) is 116 Å². The molecular weight excluding hydrogens is 542 g/mol. The number of carbonyl (C=O) groups excluding carboxylic acids is 1. The van der Waals surface area contributed by atoms with Crippen LogP contribution in [0.25, 0.3) is 11.0 Å². The van der Waals surface area contributed by atoms with E-state index in [-0.39, 0.29) is 28.8 Å². The first kappa shape index (κ1) is 24.2. The highest BCUT2D eigenvalue weighted by Gasteiger charge is 2.14. The Morgan fingerprint density at radius 2 is 2.06 bits per heavy atom. The summed E-state index contributed by atoms with van der Waals surface area (Å²) in [6.45, 7) is 0.0509. The first-order valence-electron chi connectivity index (χ1n) is 10.1. The van der Waals surface area contributed by atoms with Crippen LogP contribution in [-0.4, -0.2) is 24.2 Å².